The molecule has 0 fully saturated rings. The molecule has 0 amide bonds. The van der Waals surface area contributed by atoms with E-state index < -0.39 is 0 Å². The molecule has 0 saturated carbocycles. The lowest BCUT2D eigenvalue weighted by Crippen LogP contribution is -2.30. The molecule has 2 heteroatoms. The number of nitrogens with zero attached hydrogens (tertiary/aromatic N) is 2. The maximum absolute atomic E-state index is 2.57. The summed E-state index contributed by atoms with van der Waals surface area (Å²) in [6.45, 7) is 4.74. The predicted octanol–water partition coefficient (Wildman–Crippen LogP) is 15.0. The topological polar surface area (TPSA) is 8.17 Å². The molecule has 1 aromatic heterocycles. The molecule has 1 atom stereocenters. The standard InChI is InChI=1S/C57H44N2/c1-57(2)53-22-12-9-19-48(53)49-36-34-46(38-54(49)57)58(43-29-25-40(26-30-43)39-15-5-3-6-16-39)45-33-35-47(52(37-45)41-17-7-4-8-18-41)42-27-31-44(32-28-42)59-55-23-13-10-20-50(55)51-21-11-14-24-56(51)59/h3-29,31-38,43H,30H2,1-2H3. The number of allylic oxidation sites excluding steroid dienone is 2. The minimum absolute atomic E-state index is 0.0964. The Labute approximate surface area is 346 Å². The van der Waals surface area contributed by atoms with Gasteiger partial charge in [-0.25, -0.2) is 0 Å². The molecule has 1 heterocycles. The Kier molecular flexibility index (Phi) is 8.34. The lowest BCUT2D eigenvalue weighted by atomic mass is 9.82. The molecule has 2 nitrogen and oxygen atoms in total. The third-order valence-electron chi connectivity index (χ3n) is 12.7. The van der Waals surface area contributed by atoms with Gasteiger partial charge in [0.15, 0.2) is 0 Å². The maximum Gasteiger partial charge on any atom is 0.0560 e. The van der Waals surface area contributed by atoms with Gasteiger partial charge in [0, 0.05) is 33.2 Å². The molecule has 0 N–H and O–H groups in total. The molecule has 282 valence electrons. The summed E-state index contributed by atoms with van der Waals surface area (Å²) in [6, 6.07) is 71.5. The Balaban J connectivity index is 1.03. The van der Waals surface area contributed by atoms with Crippen molar-refractivity contribution >= 4 is 38.8 Å². The summed E-state index contributed by atoms with van der Waals surface area (Å²) in [7, 11) is 0. The van der Waals surface area contributed by atoms with Gasteiger partial charge in [-0.05, 0) is 111 Å². The summed E-state index contributed by atoms with van der Waals surface area (Å²) >= 11 is 0. The second kappa shape index (κ2) is 14.0. The first-order chi connectivity index (χ1) is 29.0. The fourth-order valence-electron chi connectivity index (χ4n) is 9.80. The molecule has 2 aliphatic carbocycles. The summed E-state index contributed by atoms with van der Waals surface area (Å²) in [5, 5.41) is 2.55. The number of aromatic nitrogens is 1. The second-order valence-electron chi connectivity index (χ2n) is 16.5. The van der Waals surface area contributed by atoms with E-state index in [9.17, 15) is 0 Å². The van der Waals surface area contributed by atoms with Gasteiger partial charge in [0.25, 0.3) is 0 Å². The van der Waals surface area contributed by atoms with Crippen molar-refractivity contribution in [2.24, 2.45) is 0 Å². The Morgan fingerprint density at radius 1 is 0.475 bits per heavy atom. The van der Waals surface area contributed by atoms with Gasteiger partial charge in [-0.15, -0.1) is 0 Å². The molecule has 9 aromatic rings. The van der Waals surface area contributed by atoms with E-state index in [1.807, 2.05) is 0 Å². The van der Waals surface area contributed by atoms with E-state index >= 15 is 0 Å². The lowest BCUT2D eigenvalue weighted by Gasteiger charge is -2.35. The van der Waals surface area contributed by atoms with Crippen LogP contribution in [0.4, 0.5) is 11.4 Å². The van der Waals surface area contributed by atoms with Crippen LogP contribution in [-0.4, -0.2) is 10.6 Å². The molecular formula is C57H44N2. The minimum Gasteiger partial charge on any atom is -0.334 e. The molecule has 1 unspecified atom stereocenters. The van der Waals surface area contributed by atoms with Crippen LogP contribution in [-0.2, 0) is 5.41 Å². The van der Waals surface area contributed by atoms with Crippen LogP contribution in [0, 0.1) is 0 Å². The fourth-order valence-corrected chi connectivity index (χ4v) is 9.80. The van der Waals surface area contributed by atoms with Gasteiger partial charge in [0.05, 0.1) is 17.1 Å². The molecule has 11 rings (SSSR count). The van der Waals surface area contributed by atoms with Crippen LogP contribution in [0.1, 0.15) is 37.0 Å². The number of fused-ring (bicyclic) bond motifs is 6. The highest BCUT2D eigenvalue weighted by molar-refractivity contribution is 6.09. The number of para-hydroxylation sites is 2. The molecule has 0 spiro atoms. The summed E-state index contributed by atoms with van der Waals surface area (Å²) in [6.07, 6.45) is 8.02. The van der Waals surface area contributed by atoms with Crippen LogP contribution in [0.3, 0.4) is 0 Å². The predicted molar refractivity (Wildman–Crippen MR) is 250 cm³/mol. The molecule has 0 saturated heterocycles. The number of benzene rings is 8. The van der Waals surface area contributed by atoms with Gasteiger partial charge in [-0.3, -0.25) is 0 Å². The van der Waals surface area contributed by atoms with Crippen molar-refractivity contribution in [3.05, 3.63) is 229 Å². The zero-order valence-corrected chi connectivity index (χ0v) is 33.4. The van der Waals surface area contributed by atoms with Gasteiger partial charge in [-0.1, -0.05) is 178 Å². The van der Waals surface area contributed by atoms with E-state index in [2.05, 4.69) is 236 Å². The number of anilines is 2. The zero-order valence-electron chi connectivity index (χ0n) is 33.4. The molecule has 8 aromatic carbocycles. The first kappa shape index (κ1) is 35.0. The van der Waals surface area contributed by atoms with Crippen LogP contribution in [0.15, 0.2) is 212 Å². The van der Waals surface area contributed by atoms with E-state index in [0.717, 1.165) is 12.1 Å². The molecule has 2 aliphatic rings. The number of hydrogen-bond donors (Lipinski definition) is 0. The third kappa shape index (κ3) is 5.86. The average Bonchev–Trinajstić information content (AvgIpc) is 3.75. The quantitative estimate of drug-likeness (QED) is 0.157. The summed E-state index contributed by atoms with van der Waals surface area (Å²) in [4.78, 5) is 2.57. The van der Waals surface area contributed by atoms with Crippen LogP contribution >= 0.6 is 0 Å². The Morgan fingerprint density at radius 2 is 1.03 bits per heavy atom. The third-order valence-corrected chi connectivity index (χ3v) is 12.7. The highest BCUT2D eigenvalue weighted by Gasteiger charge is 2.36. The van der Waals surface area contributed by atoms with E-state index in [0.29, 0.717) is 0 Å². The number of rotatable bonds is 7. The molecule has 0 aliphatic heterocycles. The Morgan fingerprint density at radius 3 is 1.71 bits per heavy atom. The average molecular weight is 757 g/mol. The van der Waals surface area contributed by atoms with Gasteiger partial charge < -0.3 is 9.47 Å². The van der Waals surface area contributed by atoms with Crippen molar-refractivity contribution in [3.63, 3.8) is 0 Å². The van der Waals surface area contributed by atoms with Crippen LogP contribution in [0.5, 0.6) is 0 Å². The van der Waals surface area contributed by atoms with Crippen molar-refractivity contribution in [3.8, 4) is 39.1 Å². The SMILES string of the molecule is CC1(C)c2ccccc2-c2ccc(N(c3ccc(-c4ccc(-n5c6ccccc6c6ccccc65)cc4)c(-c4ccccc4)c3)C3C=CC(c4ccccc4)=CC3)cc21. The van der Waals surface area contributed by atoms with E-state index in [4.69, 9.17) is 0 Å². The van der Waals surface area contributed by atoms with Gasteiger partial charge >= 0.3 is 0 Å². The normalized spacial score (nSPS) is 15.2. The van der Waals surface area contributed by atoms with Crippen molar-refractivity contribution in [1.29, 1.82) is 0 Å². The molecule has 0 bridgehead atoms. The Bertz CT molecular complexity index is 3040. The highest BCUT2D eigenvalue weighted by Crippen LogP contribution is 2.50. The van der Waals surface area contributed by atoms with E-state index in [1.165, 1.54) is 88.8 Å². The van der Waals surface area contributed by atoms with E-state index in [1.54, 1.807) is 0 Å². The van der Waals surface area contributed by atoms with Crippen molar-refractivity contribution in [2.75, 3.05) is 4.90 Å². The monoisotopic (exact) mass is 756 g/mol. The summed E-state index contributed by atoms with van der Waals surface area (Å²) in [5.74, 6) is 0. The first-order valence-corrected chi connectivity index (χ1v) is 20.8. The smallest absolute Gasteiger partial charge is 0.0560 e. The lowest BCUT2D eigenvalue weighted by molar-refractivity contribution is 0.659. The second-order valence-corrected chi connectivity index (χ2v) is 16.5. The fraction of sp³-hybridized carbons (Fsp3) is 0.0877. The zero-order chi connectivity index (χ0) is 39.5. The minimum atomic E-state index is -0.0964. The Hall–Kier alpha value is -7.16. The van der Waals surface area contributed by atoms with Gasteiger partial charge in [-0.2, -0.15) is 0 Å². The molecular weight excluding hydrogens is 713 g/mol. The van der Waals surface area contributed by atoms with Crippen molar-refractivity contribution < 1.29 is 0 Å². The number of hydrogen-bond acceptors (Lipinski definition) is 1. The van der Waals surface area contributed by atoms with Crippen LogP contribution in [0.2, 0.25) is 0 Å². The first-order valence-electron chi connectivity index (χ1n) is 20.8. The summed E-state index contributed by atoms with van der Waals surface area (Å²) < 4.78 is 2.39. The van der Waals surface area contributed by atoms with E-state index in [-0.39, 0.29) is 11.5 Å². The summed E-state index contributed by atoms with van der Waals surface area (Å²) in [5.41, 5.74) is 18.7. The molecule has 59 heavy (non-hydrogen) atoms. The highest BCUT2D eigenvalue weighted by atomic mass is 15.2. The van der Waals surface area contributed by atoms with Crippen LogP contribution < -0.4 is 4.90 Å². The largest absolute Gasteiger partial charge is 0.334 e. The van der Waals surface area contributed by atoms with Crippen molar-refractivity contribution in [2.45, 2.75) is 31.7 Å². The van der Waals surface area contributed by atoms with Gasteiger partial charge in [0.1, 0.15) is 0 Å². The maximum atomic E-state index is 2.57. The molecule has 0 radical (unpaired) electrons. The van der Waals surface area contributed by atoms with Crippen LogP contribution in [0.25, 0.3) is 66.4 Å². The van der Waals surface area contributed by atoms with Gasteiger partial charge in [0.2, 0.25) is 0 Å². The van der Waals surface area contributed by atoms with Crippen molar-refractivity contribution in [1.82, 2.24) is 4.57 Å².